The first-order valence-corrected chi connectivity index (χ1v) is 7.95. The molecule has 112 valence electrons. The topological polar surface area (TPSA) is 28.2 Å². The third-order valence-electron chi connectivity index (χ3n) is 4.70. The van der Waals surface area contributed by atoms with E-state index in [0.717, 1.165) is 19.6 Å². The molecule has 2 unspecified atom stereocenters. The number of nitrogens with zero attached hydrogens (tertiary/aromatic N) is 2. The lowest BCUT2D eigenvalue weighted by Gasteiger charge is -2.37. The van der Waals surface area contributed by atoms with Crippen LogP contribution in [0, 0.1) is 5.41 Å². The van der Waals surface area contributed by atoms with Gasteiger partial charge < -0.3 is 5.32 Å². The summed E-state index contributed by atoms with van der Waals surface area (Å²) in [5.74, 6) is 0. The number of likely N-dealkylation sites (N-methyl/N-ethyl adjacent to an activating group) is 2. The Balaban J connectivity index is 2.10. The molecule has 2 rings (SSSR count). The highest BCUT2D eigenvalue weighted by molar-refractivity contribution is 5.06. The van der Waals surface area contributed by atoms with E-state index < -0.39 is 0 Å². The summed E-state index contributed by atoms with van der Waals surface area (Å²) >= 11 is 0. The molecule has 2 atom stereocenters. The first kappa shape index (κ1) is 15.5. The van der Waals surface area contributed by atoms with Crippen molar-refractivity contribution in [1.82, 2.24) is 15.2 Å². The molecule has 1 aliphatic carbocycles. The molecule has 1 aromatic heterocycles. The summed E-state index contributed by atoms with van der Waals surface area (Å²) in [6.45, 7) is 12.4. The van der Waals surface area contributed by atoms with Crippen molar-refractivity contribution >= 4 is 0 Å². The van der Waals surface area contributed by atoms with Crippen LogP contribution in [0.1, 0.15) is 46.2 Å². The molecule has 20 heavy (non-hydrogen) atoms. The molecule has 0 aromatic carbocycles. The van der Waals surface area contributed by atoms with E-state index in [-0.39, 0.29) is 0 Å². The zero-order chi connectivity index (χ0) is 14.6. The highest BCUT2D eigenvalue weighted by Crippen LogP contribution is 2.40. The van der Waals surface area contributed by atoms with Gasteiger partial charge in [0.2, 0.25) is 0 Å². The quantitative estimate of drug-likeness (QED) is 0.865. The van der Waals surface area contributed by atoms with E-state index in [1.54, 1.807) is 0 Å². The zero-order valence-corrected chi connectivity index (χ0v) is 13.4. The van der Waals surface area contributed by atoms with E-state index in [4.69, 9.17) is 0 Å². The minimum atomic E-state index is 0.387. The molecule has 0 radical (unpaired) electrons. The lowest BCUT2D eigenvalue weighted by Crippen LogP contribution is -2.51. The van der Waals surface area contributed by atoms with Gasteiger partial charge in [0.15, 0.2) is 0 Å². The molecule has 1 aromatic rings. The van der Waals surface area contributed by atoms with Crippen LogP contribution in [0.25, 0.3) is 0 Å². The highest BCUT2D eigenvalue weighted by atomic mass is 15.2. The largest absolute Gasteiger partial charge is 0.312 e. The molecule has 1 aliphatic rings. The monoisotopic (exact) mass is 275 g/mol. The van der Waals surface area contributed by atoms with Crippen molar-refractivity contribution in [2.75, 3.05) is 13.1 Å². The van der Waals surface area contributed by atoms with Crippen LogP contribution in [0.4, 0.5) is 0 Å². The fourth-order valence-electron chi connectivity index (χ4n) is 3.55. The average Bonchev–Trinajstić information content (AvgIpc) is 2.74. The van der Waals surface area contributed by atoms with Gasteiger partial charge >= 0.3 is 0 Å². The molecule has 0 bridgehead atoms. The highest BCUT2D eigenvalue weighted by Gasteiger charge is 2.43. The van der Waals surface area contributed by atoms with Crippen molar-refractivity contribution in [3.05, 3.63) is 30.1 Å². The van der Waals surface area contributed by atoms with E-state index in [1.807, 2.05) is 12.3 Å². The van der Waals surface area contributed by atoms with Crippen molar-refractivity contribution in [3.8, 4) is 0 Å². The SMILES string of the molecule is CCNC1C(N(CC)Cc2ccccn2)CCC1(C)C. The standard InChI is InChI=1S/C17H29N3/c1-5-18-16-15(10-11-17(16,3)4)20(6-2)13-14-9-7-8-12-19-14/h7-9,12,15-16,18H,5-6,10-11,13H2,1-4H3. The van der Waals surface area contributed by atoms with E-state index in [2.05, 4.69) is 55.0 Å². The van der Waals surface area contributed by atoms with Crippen LogP contribution in [0.5, 0.6) is 0 Å². The first-order chi connectivity index (χ1) is 9.58. The molecule has 1 heterocycles. The maximum atomic E-state index is 4.48. The Morgan fingerprint density at radius 1 is 1.35 bits per heavy atom. The van der Waals surface area contributed by atoms with Gasteiger partial charge in [0.25, 0.3) is 0 Å². The minimum absolute atomic E-state index is 0.387. The summed E-state index contributed by atoms with van der Waals surface area (Å²) in [4.78, 5) is 7.07. The van der Waals surface area contributed by atoms with Gasteiger partial charge in [-0.05, 0) is 43.5 Å². The van der Waals surface area contributed by atoms with Gasteiger partial charge in [-0.3, -0.25) is 9.88 Å². The summed E-state index contributed by atoms with van der Waals surface area (Å²) in [7, 11) is 0. The molecule has 0 amide bonds. The third-order valence-corrected chi connectivity index (χ3v) is 4.70. The smallest absolute Gasteiger partial charge is 0.0544 e. The Kier molecular flexibility index (Phi) is 5.17. The van der Waals surface area contributed by atoms with Gasteiger partial charge in [-0.2, -0.15) is 0 Å². The van der Waals surface area contributed by atoms with Gasteiger partial charge in [0, 0.05) is 24.8 Å². The van der Waals surface area contributed by atoms with Crippen molar-refractivity contribution in [2.45, 2.75) is 59.2 Å². The van der Waals surface area contributed by atoms with Crippen molar-refractivity contribution in [1.29, 1.82) is 0 Å². The normalized spacial score (nSPS) is 25.2. The summed E-state index contributed by atoms with van der Waals surface area (Å²) in [6.07, 6.45) is 4.48. The van der Waals surface area contributed by atoms with Crippen LogP contribution in [-0.2, 0) is 6.54 Å². The molecular formula is C17H29N3. The van der Waals surface area contributed by atoms with Crippen molar-refractivity contribution in [3.63, 3.8) is 0 Å². The van der Waals surface area contributed by atoms with Gasteiger partial charge in [-0.15, -0.1) is 0 Å². The van der Waals surface area contributed by atoms with Crippen LogP contribution in [0.2, 0.25) is 0 Å². The first-order valence-electron chi connectivity index (χ1n) is 7.95. The Morgan fingerprint density at radius 3 is 2.75 bits per heavy atom. The van der Waals surface area contributed by atoms with Crippen LogP contribution >= 0.6 is 0 Å². The zero-order valence-electron chi connectivity index (χ0n) is 13.4. The minimum Gasteiger partial charge on any atom is -0.312 e. The molecule has 1 saturated carbocycles. The fourth-order valence-corrected chi connectivity index (χ4v) is 3.55. The fraction of sp³-hybridized carbons (Fsp3) is 0.706. The summed E-state index contributed by atoms with van der Waals surface area (Å²) < 4.78 is 0. The predicted molar refractivity (Wildman–Crippen MR) is 84.6 cm³/mol. The number of nitrogens with one attached hydrogen (secondary N) is 1. The van der Waals surface area contributed by atoms with Crippen LogP contribution < -0.4 is 5.32 Å². The second-order valence-electron chi connectivity index (χ2n) is 6.51. The maximum Gasteiger partial charge on any atom is 0.0544 e. The van der Waals surface area contributed by atoms with Gasteiger partial charge in [0.05, 0.1) is 5.69 Å². The number of rotatable bonds is 6. The number of hydrogen-bond acceptors (Lipinski definition) is 3. The Hall–Kier alpha value is -0.930. The summed E-state index contributed by atoms with van der Waals surface area (Å²) in [5, 5.41) is 3.72. The predicted octanol–water partition coefficient (Wildman–Crippen LogP) is 3.07. The third kappa shape index (κ3) is 3.39. The molecule has 0 saturated heterocycles. The number of hydrogen-bond donors (Lipinski definition) is 1. The molecule has 0 spiro atoms. The Morgan fingerprint density at radius 2 is 2.15 bits per heavy atom. The van der Waals surface area contributed by atoms with Gasteiger partial charge in [-0.1, -0.05) is 33.8 Å². The van der Waals surface area contributed by atoms with E-state index in [0.29, 0.717) is 17.5 Å². The number of aromatic nitrogens is 1. The molecule has 1 N–H and O–H groups in total. The second kappa shape index (κ2) is 6.68. The Labute approximate surface area is 123 Å². The maximum absolute atomic E-state index is 4.48. The molecule has 0 aliphatic heterocycles. The van der Waals surface area contributed by atoms with E-state index in [1.165, 1.54) is 18.5 Å². The van der Waals surface area contributed by atoms with E-state index in [9.17, 15) is 0 Å². The second-order valence-corrected chi connectivity index (χ2v) is 6.51. The average molecular weight is 275 g/mol. The van der Waals surface area contributed by atoms with Gasteiger partial charge in [0.1, 0.15) is 0 Å². The molecule has 3 nitrogen and oxygen atoms in total. The van der Waals surface area contributed by atoms with Crippen LogP contribution in [0.3, 0.4) is 0 Å². The van der Waals surface area contributed by atoms with Crippen LogP contribution in [0.15, 0.2) is 24.4 Å². The van der Waals surface area contributed by atoms with Gasteiger partial charge in [-0.25, -0.2) is 0 Å². The molecule has 1 fully saturated rings. The summed E-state index contributed by atoms with van der Waals surface area (Å²) in [6, 6.07) is 7.40. The Bertz CT molecular complexity index is 402. The van der Waals surface area contributed by atoms with Crippen molar-refractivity contribution in [2.24, 2.45) is 5.41 Å². The molecule has 3 heteroatoms. The molecular weight excluding hydrogens is 246 g/mol. The number of pyridine rings is 1. The lowest BCUT2D eigenvalue weighted by atomic mass is 9.86. The van der Waals surface area contributed by atoms with Crippen molar-refractivity contribution < 1.29 is 0 Å². The lowest BCUT2D eigenvalue weighted by molar-refractivity contribution is 0.143. The van der Waals surface area contributed by atoms with E-state index >= 15 is 0 Å². The van der Waals surface area contributed by atoms with Crippen LogP contribution in [-0.4, -0.2) is 35.1 Å². The summed E-state index contributed by atoms with van der Waals surface area (Å²) in [5.41, 5.74) is 1.56.